The number of benzene rings is 1. The maximum absolute atomic E-state index is 9.18. The first-order valence-corrected chi connectivity index (χ1v) is 5.42. The summed E-state index contributed by atoms with van der Waals surface area (Å²) < 4.78 is 0. The summed E-state index contributed by atoms with van der Waals surface area (Å²) in [5.41, 5.74) is 1.83. The Labute approximate surface area is 91.9 Å². The average Bonchev–Trinajstić information content (AvgIpc) is 2.29. The Bertz CT molecular complexity index is 342. The quantitative estimate of drug-likeness (QED) is 0.811. The Hall–Kier alpha value is -1.49. The van der Waals surface area contributed by atoms with E-state index in [-0.39, 0.29) is 0 Å². The van der Waals surface area contributed by atoms with Crippen molar-refractivity contribution in [3.8, 4) is 6.07 Å². The van der Waals surface area contributed by atoms with Crippen molar-refractivity contribution in [1.82, 2.24) is 0 Å². The highest BCUT2D eigenvalue weighted by atomic mass is 15.0. The molecule has 0 saturated carbocycles. The second-order valence-electron chi connectivity index (χ2n) is 3.89. The van der Waals surface area contributed by atoms with Crippen LogP contribution < -0.4 is 5.32 Å². The zero-order valence-electron chi connectivity index (χ0n) is 9.67. The lowest BCUT2D eigenvalue weighted by atomic mass is 9.94. The lowest BCUT2D eigenvalue weighted by Gasteiger charge is -2.26. The zero-order valence-corrected chi connectivity index (χ0v) is 9.67. The van der Waals surface area contributed by atoms with E-state index in [1.165, 1.54) is 5.56 Å². The van der Waals surface area contributed by atoms with Crippen LogP contribution in [0.25, 0.3) is 0 Å². The summed E-state index contributed by atoms with van der Waals surface area (Å²) in [6.45, 7) is 6.13. The van der Waals surface area contributed by atoms with E-state index in [0.717, 1.165) is 18.5 Å². The van der Waals surface area contributed by atoms with Crippen molar-refractivity contribution in [2.45, 2.75) is 39.2 Å². The molecule has 0 amide bonds. The molecule has 15 heavy (non-hydrogen) atoms. The van der Waals surface area contributed by atoms with Gasteiger partial charge in [0, 0.05) is 5.69 Å². The lowest BCUT2D eigenvalue weighted by Crippen LogP contribution is -2.34. The fraction of sp³-hybridized carbons (Fsp3) is 0.462. The number of anilines is 1. The molecule has 0 aliphatic rings. The molecule has 0 atom stereocenters. The van der Waals surface area contributed by atoms with Crippen molar-refractivity contribution in [3.63, 3.8) is 0 Å². The minimum Gasteiger partial charge on any atom is -0.367 e. The monoisotopic (exact) mass is 202 g/mol. The van der Waals surface area contributed by atoms with Crippen LogP contribution in [0.2, 0.25) is 0 Å². The summed E-state index contributed by atoms with van der Waals surface area (Å²) in [4.78, 5) is 0. The van der Waals surface area contributed by atoms with Crippen LogP contribution in [0, 0.1) is 18.3 Å². The molecule has 80 valence electrons. The van der Waals surface area contributed by atoms with Crippen LogP contribution in [0.15, 0.2) is 24.3 Å². The SMILES string of the molecule is CCC(C#N)(CC)Nc1ccc(C)cc1. The standard InChI is InChI=1S/C13H18N2/c1-4-13(5-2,10-14)15-12-8-6-11(3)7-9-12/h6-9,15H,4-5H2,1-3H3. The third kappa shape index (κ3) is 2.73. The van der Waals surface area contributed by atoms with Crippen molar-refractivity contribution in [2.24, 2.45) is 0 Å². The van der Waals surface area contributed by atoms with Gasteiger partial charge in [-0.15, -0.1) is 0 Å². The minimum absolute atomic E-state index is 0.421. The normalized spacial score (nSPS) is 10.8. The van der Waals surface area contributed by atoms with E-state index in [4.69, 9.17) is 0 Å². The van der Waals surface area contributed by atoms with Crippen molar-refractivity contribution in [1.29, 1.82) is 5.26 Å². The lowest BCUT2D eigenvalue weighted by molar-refractivity contribution is 0.548. The van der Waals surface area contributed by atoms with Gasteiger partial charge in [-0.05, 0) is 31.9 Å². The van der Waals surface area contributed by atoms with Gasteiger partial charge in [0.1, 0.15) is 5.54 Å². The predicted molar refractivity (Wildman–Crippen MR) is 63.7 cm³/mol. The molecular formula is C13H18N2. The van der Waals surface area contributed by atoms with Crippen LogP contribution in [0.4, 0.5) is 5.69 Å². The molecule has 0 heterocycles. The number of hydrogen-bond acceptors (Lipinski definition) is 2. The van der Waals surface area contributed by atoms with Gasteiger partial charge < -0.3 is 5.32 Å². The Kier molecular flexibility index (Phi) is 3.74. The van der Waals surface area contributed by atoms with Gasteiger partial charge in [0.25, 0.3) is 0 Å². The van der Waals surface area contributed by atoms with Crippen LogP contribution in [-0.4, -0.2) is 5.54 Å². The molecule has 0 radical (unpaired) electrons. The van der Waals surface area contributed by atoms with Gasteiger partial charge in [0.05, 0.1) is 6.07 Å². The maximum atomic E-state index is 9.18. The molecule has 2 nitrogen and oxygen atoms in total. The Morgan fingerprint density at radius 2 is 1.73 bits per heavy atom. The largest absolute Gasteiger partial charge is 0.367 e. The van der Waals surface area contributed by atoms with Crippen LogP contribution in [0.1, 0.15) is 32.3 Å². The Balaban J connectivity index is 2.84. The van der Waals surface area contributed by atoms with Crippen molar-refractivity contribution >= 4 is 5.69 Å². The number of hydrogen-bond donors (Lipinski definition) is 1. The molecule has 0 saturated heterocycles. The van der Waals surface area contributed by atoms with E-state index in [2.05, 4.69) is 30.4 Å². The van der Waals surface area contributed by atoms with Crippen molar-refractivity contribution in [3.05, 3.63) is 29.8 Å². The van der Waals surface area contributed by atoms with Gasteiger partial charge in [0.2, 0.25) is 0 Å². The van der Waals surface area contributed by atoms with E-state index in [9.17, 15) is 5.26 Å². The van der Waals surface area contributed by atoms with E-state index in [0.29, 0.717) is 0 Å². The Morgan fingerprint density at radius 1 is 1.20 bits per heavy atom. The molecule has 1 rings (SSSR count). The molecule has 1 N–H and O–H groups in total. The summed E-state index contributed by atoms with van der Waals surface area (Å²) in [7, 11) is 0. The fourth-order valence-electron chi connectivity index (χ4n) is 1.53. The summed E-state index contributed by atoms with van der Waals surface area (Å²) in [6, 6.07) is 10.5. The Morgan fingerprint density at radius 3 is 2.13 bits per heavy atom. The average molecular weight is 202 g/mol. The molecular weight excluding hydrogens is 184 g/mol. The van der Waals surface area contributed by atoms with Crippen LogP contribution in [0.5, 0.6) is 0 Å². The number of rotatable bonds is 4. The van der Waals surface area contributed by atoms with E-state index in [1.807, 2.05) is 26.0 Å². The van der Waals surface area contributed by atoms with Crippen LogP contribution >= 0.6 is 0 Å². The van der Waals surface area contributed by atoms with Crippen molar-refractivity contribution in [2.75, 3.05) is 5.32 Å². The predicted octanol–water partition coefficient (Wildman–Crippen LogP) is 3.49. The molecule has 2 heteroatoms. The second kappa shape index (κ2) is 4.84. The van der Waals surface area contributed by atoms with Gasteiger partial charge >= 0.3 is 0 Å². The van der Waals surface area contributed by atoms with E-state index < -0.39 is 5.54 Å². The van der Waals surface area contributed by atoms with Gasteiger partial charge in [-0.25, -0.2) is 0 Å². The molecule has 0 aliphatic heterocycles. The van der Waals surface area contributed by atoms with Crippen molar-refractivity contribution < 1.29 is 0 Å². The second-order valence-corrected chi connectivity index (χ2v) is 3.89. The third-order valence-corrected chi connectivity index (χ3v) is 2.86. The number of nitriles is 1. The highest BCUT2D eigenvalue weighted by molar-refractivity contribution is 5.48. The highest BCUT2D eigenvalue weighted by Crippen LogP contribution is 2.21. The van der Waals surface area contributed by atoms with Gasteiger partial charge in [-0.3, -0.25) is 0 Å². The summed E-state index contributed by atoms with van der Waals surface area (Å²) in [6.07, 6.45) is 1.63. The number of aryl methyl sites for hydroxylation is 1. The molecule has 1 aromatic carbocycles. The minimum atomic E-state index is -0.421. The molecule has 0 unspecified atom stereocenters. The number of nitrogens with one attached hydrogen (secondary N) is 1. The molecule has 0 spiro atoms. The summed E-state index contributed by atoms with van der Waals surface area (Å²) in [5.74, 6) is 0. The smallest absolute Gasteiger partial charge is 0.124 e. The maximum Gasteiger partial charge on any atom is 0.124 e. The van der Waals surface area contributed by atoms with E-state index >= 15 is 0 Å². The number of nitrogens with zero attached hydrogens (tertiary/aromatic N) is 1. The fourth-order valence-corrected chi connectivity index (χ4v) is 1.53. The van der Waals surface area contributed by atoms with Crippen LogP contribution in [0.3, 0.4) is 0 Å². The highest BCUT2D eigenvalue weighted by Gasteiger charge is 2.24. The summed E-state index contributed by atoms with van der Waals surface area (Å²) >= 11 is 0. The first-order valence-electron chi connectivity index (χ1n) is 5.42. The molecule has 0 aliphatic carbocycles. The molecule has 0 fully saturated rings. The molecule has 1 aromatic rings. The summed E-state index contributed by atoms with van der Waals surface area (Å²) in [5, 5.41) is 12.5. The van der Waals surface area contributed by atoms with Gasteiger partial charge in [0.15, 0.2) is 0 Å². The molecule has 0 aromatic heterocycles. The third-order valence-electron chi connectivity index (χ3n) is 2.86. The first-order chi connectivity index (χ1) is 7.15. The topological polar surface area (TPSA) is 35.8 Å². The first kappa shape index (κ1) is 11.6. The van der Waals surface area contributed by atoms with E-state index in [1.54, 1.807) is 0 Å². The zero-order chi connectivity index (χ0) is 11.3. The van der Waals surface area contributed by atoms with Crippen LogP contribution in [-0.2, 0) is 0 Å². The van der Waals surface area contributed by atoms with Gasteiger partial charge in [-0.1, -0.05) is 31.5 Å². The van der Waals surface area contributed by atoms with Gasteiger partial charge in [-0.2, -0.15) is 5.26 Å². The molecule has 0 bridgehead atoms.